The highest BCUT2D eigenvalue weighted by Gasteiger charge is 2.37. The summed E-state index contributed by atoms with van der Waals surface area (Å²) in [5.74, 6) is 1.15. The van der Waals surface area contributed by atoms with E-state index >= 15 is 0 Å². The molecular weight excluding hydrogens is 172 g/mol. The molecule has 0 spiro atoms. The molecule has 1 aliphatic carbocycles. The molecule has 0 saturated heterocycles. The molecule has 3 atom stereocenters. The minimum absolute atomic E-state index is 0.103. The van der Waals surface area contributed by atoms with Gasteiger partial charge in [-0.25, -0.2) is 0 Å². The van der Waals surface area contributed by atoms with E-state index in [9.17, 15) is 5.11 Å². The summed E-state index contributed by atoms with van der Waals surface area (Å²) in [5, 5.41) is 10.1. The predicted molar refractivity (Wildman–Crippen MR) is 61.1 cm³/mol. The number of hydrogen-bond acceptors (Lipinski definition) is 1. The van der Waals surface area contributed by atoms with Crippen molar-refractivity contribution in [1.82, 2.24) is 0 Å². The van der Waals surface area contributed by atoms with Crippen LogP contribution in [0.1, 0.15) is 46.5 Å². The van der Waals surface area contributed by atoms with Crippen LogP contribution < -0.4 is 0 Å². The van der Waals surface area contributed by atoms with Crippen LogP contribution in [0.2, 0.25) is 0 Å². The number of rotatable bonds is 3. The third kappa shape index (κ3) is 2.60. The Morgan fingerprint density at radius 1 is 1.43 bits per heavy atom. The summed E-state index contributed by atoms with van der Waals surface area (Å²) in [6.07, 6.45) is 6.29. The molecule has 0 aromatic carbocycles. The summed E-state index contributed by atoms with van der Waals surface area (Å²) in [6.45, 7) is 10.5. The van der Waals surface area contributed by atoms with Gasteiger partial charge in [0.1, 0.15) is 0 Å². The molecule has 0 radical (unpaired) electrons. The Labute approximate surface area is 88.2 Å². The highest BCUT2D eigenvalue weighted by atomic mass is 16.3. The van der Waals surface area contributed by atoms with Crippen molar-refractivity contribution >= 4 is 0 Å². The van der Waals surface area contributed by atoms with Crippen LogP contribution >= 0.6 is 0 Å². The summed E-state index contributed by atoms with van der Waals surface area (Å²) in [5.41, 5.74) is 0.210. The van der Waals surface area contributed by atoms with Gasteiger partial charge >= 0.3 is 0 Å². The van der Waals surface area contributed by atoms with Crippen LogP contribution in [0.4, 0.5) is 0 Å². The van der Waals surface area contributed by atoms with E-state index in [4.69, 9.17) is 0 Å². The van der Waals surface area contributed by atoms with E-state index in [1.807, 2.05) is 6.08 Å². The van der Waals surface area contributed by atoms with Crippen LogP contribution in [0.5, 0.6) is 0 Å². The second-order valence-corrected chi connectivity index (χ2v) is 5.57. The van der Waals surface area contributed by atoms with Crippen molar-refractivity contribution in [2.24, 2.45) is 17.3 Å². The van der Waals surface area contributed by atoms with Gasteiger partial charge in [-0.15, -0.1) is 6.58 Å². The molecule has 1 saturated carbocycles. The van der Waals surface area contributed by atoms with Gasteiger partial charge in [-0.1, -0.05) is 33.3 Å². The van der Waals surface area contributed by atoms with Crippen LogP contribution in [-0.2, 0) is 0 Å². The van der Waals surface area contributed by atoms with E-state index in [-0.39, 0.29) is 11.5 Å². The number of aliphatic hydroxyl groups excluding tert-OH is 1. The first kappa shape index (κ1) is 11.8. The third-order valence-electron chi connectivity index (χ3n) is 3.75. The lowest BCUT2D eigenvalue weighted by Gasteiger charge is -2.41. The number of aliphatic hydroxyl groups is 1. The van der Waals surface area contributed by atoms with E-state index in [1.165, 1.54) is 12.8 Å². The maximum atomic E-state index is 10.1. The Morgan fingerprint density at radius 3 is 2.57 bits per heavy atom. The Bertz CT molecular complexity index is 195. The first-order chi connectivity index (χ1) is 6.47. The smallest absolute Gasteiger partial charge is 0.0576 e. The average Bonchev–Trinajstić information content (AvgIpc) is 2.02. The van der Waals surface area contributed by atoms with Crippen molar-refractivity contribution < 1.29 is 5.11 Å². The van der Waals surface area contributed by atoms with E-state index in [0.29, 0.717) is 11.8 Å². The monoisotopic (exact) mass is 196 g/mol. The van der Waals surface area contributed by atoms with Gasteiger partial charge in [-0.3, -0.25) is 0 Å². The minimum atomic E-state index is -0.103. The van der Waals surface area contributed by atoms with Crippen LogP contribution in [0, 0.1) is 17.3 Å². The van der Waals surface area contributed by atoms with Gasteiger partial charge in [0.2, 0.25) is 0 Å². The maximum absolute atomic E-state index is 10.1. The van der Waals surface area contributed by atoms with Gasteiger partial charge in [0.25, 0.3) is 0 Å². The number of hydrogen-bond donors (Lipinski definition) is 1. The van der Waals surface area contributed by atoms with Crippen LogP contribution in [-0.4, -0.2) is 11.2 Å². The molecule has 1 fully saturated rings. The van der Waals surface area contributed by atoms with Crippen molar-refractivity contribution in [3.8, 4) is 0 Å². The molecule has 0 amide bonds. The van der Waals surface area contributed by atoms with Crippen molar-refractivity contribution in [1.29, 1.82) is 0 Å². The lowest BCUT2D eigenvalue weighted by atomic mass is 9.66. The summed E-state index contributed by atoms with van der Waals surface area (Å²) >= 11 is 0. The van der Waals surface area contributed by atoms with Gasteiger partial charge in [0.15, 0.2) is 0 Å². The summed E-state index contributed by atoms with van der Waals surface area (Å²) in [6, 6.07) is 0. The van der Waals surface area contributed by atoms with Crippen molar-refractivity contribution in [3.05, 3.63) is 12.7 Å². The second-order valence-electron chi connectivity index (χ2n) is 5.57. The quantitative estimate of drug-likeness (QED) is 0.686. The molecule has 1 N–H and O–H groups in total. The zero-order valence-corrected chi connectivity index (χ0v) is 9.79. The molecule has 0 heterocycles. The largest absolute Gasteiger partial charge is 0.393 e. The summed E-state index contributed by atoms with van der Waals surface area (Å²) < 4.78 is 0. The van der Waals surface area contributed by atoms with E-state index in [1.54, 1.807) is 0 Å². The molecule has 0 aliphatic heterocycles. The molecule has 0 unspecified atom stereocenters. The molecule has 0 bridgehead atoms. The zero-order valence-electron chi connectivity index (χ0n) is 9.79. The number of allylic oxidation sites excluding steroid dienone is 1. The lowest BCUT2D eigenvalue weighted by molar-refractivity contribution is -0.0115. The fourth-order valence-electron chi connectivity index (χ4n) is 2.79. The summed E-state index contributed by atoms with van der Waals surface area (Å²) in [7, 11) is 0. The SMILES string of the molecule is C=CCC(C)(C)[C@@H]1CC[C@@H](C)C[C@H]1O. The highest BCUT2D eigenvalue weighted by Crippen LogP contribution is 2.42. The molecule has 82 valence electrons. The molecule has 1 rings (SSSR count). The van der Waals surface area contributed by atoms with E-state index < -0.39 is 0 Å². The normalized spacial score (nSPS) is 34.1. The van der Waals surface area contributed by atoms with Gasteiger partial charge in [0, 0.05) is 0 Å². The van der Waals surface area contributed by atoms with Crippen LogP contribution in [0.3, 0.4) is 0 Å². The van der Waals surface area contributed by atoms with Gasteiger partial charge < -0.3 is 5.11 Å². The van der Waals surface area contributed by atoms with Crippen LogP contribution in [0.25, 0.3) is 0 Å². The molecule has 1 aliphatic rings. The van der Waals surface area contributed by atoms with Gasteiger partial charge in [0.05, 0.1) is 6.10 Å². The first-order valence-corrected chi connectivity index (χ1v) is 5.76. The van der Waals surface area contributed by atoms with Crippen LogP contribution in [0.15, 0.2) is 12.7 Å². The predicted octanol–water partition coefficient (Wildman–Crippen LogP) is 3.39. The van der Waals surface area contributed by atoms with Gasteiger partial charge in [-0.2, -0.15) is 0 Å². The minimum Gasteiger partial charge on any atom is -0.393 e. The molecule has 0 aromatic heterocycles. The molecular formula is C13H24O. The lowest BCUT2D eigenvalue weighted by Crippen LogP contribution is -2.38. The molecule has 1 heteroatoms. The summed E-state index contributed by atoms with van der Waals surface area (Å²) in [4.78, 5) is 0. The highest BCUT2D eigenvalue weighted by molar-refractivity contribution is 4.91. The Kier molecular flexibility index (Phi) is 3.77. The molecule has 0 aromatic rings. The second kappa shape index (κ2) is 4.48. The standard InChI is InChI=1S/C13H24O/c1-5-8-13(3,4)11-7-6-10(2)9-12(11)14/h5,10-12,14H,1,6-9H2,2-4H3/t10-,11-,12-/m1/s1. The van der Waals surface area contributed by atoms with E-state index in [2.05, 4.69) is 27.4 Å². The maximum Gasteiger partial charge on any atom is 0.0576 e. The first-order valence-electron chi connectivity index (χ1n) is 5.76. The zero-order chi connectivity index (χ0) is 10.8. The average molecular weight is 196 g/mol. The third-order valence-corrected chi connectivity index (χ3v) is 3.75. The Hall–Kier alpha value is -0.300. The van der Waals surface area contributed by atoms with Crippen molar-refractivity contribution in [2.75, 3.05) is 0 Å². The Balaban J connectivity index is 2.62. The van der Waals surface area contributed by atoms with Gasteiger partial charge in [-0.05, 0) is 36.5 Å². The Morgan fingerprint density at radius 2 is 2.07 bits per heavy atom. The van der Waals surface area contributed by atoms with E-state index in [0.717, 1.165) is 12.8 Å². The molecule has 14 heavy (non-hydrogen) atoms. The topological polar surface area (TPSA) is 20.2 Å². The fraction of sp³-hybridized carbons (Fsp3) is 0.846. The van der Waals surface area contributed by atoms with Crippen molar-refractivity contribution in [3.63, 3.8) is 0 Å². The molecule has 1 nitrogen and oxygen atoms in total. The fourth-order valence-corrected chi connectivity index (χ4v) is 2.79. The van der Waals surface area contributed by atoms with Crippen molar-refractivity contribution in [2.45, 2.75) is 52.6 Å².